The fraction of sp³-hybridized carbons (Fsp3) is 0.500. The van der Waals surface area contributed by atoms with Crippen molar-refractivity contribution in [1.29, 1.82) is 0 Å². The van der Waals surface area contributed by atoms with E-state index in [4.69, 9.17) is 0 Å². The summed E-state index contributed by atoms with van der Waals surface area (Å²) in [5.74, 6) is -0.785. The van der Waals surface area contributed by atoms with Crippen molar-refractivity contribution < 1.29 is 18.3 Å². The van der Waals surface area contributed by atoms with Gasteiger partial charge in [-0.15, -0.1) is 0 Å². The van der Waals surface area contributed by atoms with E-state index in [2.05, 4.69) is 14.9 Å². The van der Waals surface area contributed by atoms with Crippen molar-refractivity contribution in [1.82, 2.24) is 14.9 Å². The van der Waals surface area contributed by atoms with Gasteiger partial charge in [0.15, 0.2) is 0 Å². The number of para-hydroxylation sites is 1. The van der Waals surface area contributed by atoms with Gasteiger partial charge in [-0.2, -0.15) is 13.2 Å². The number of rotatable bonds is 3. The molecular weight excluding hydrogens is 321 g/mol. The molecule has 1 N–H and O–H groups in total. The Labute approximate surface area is 137 Å². The van der Waals surface area contributed by atoms with E-state index in [9.17, 15) is 18.3 Å². The lowest BCUT2D eigenvalue weighted by Gasteiger charge is -2.36. The van der Waals surface area contributed by atoms with Crippen molar-refractivity contribution in [2.24, 2.45) is 0 Å². The van der Waals surface area contributed by atoms with Gasteiger partial charge in [-0.3, -0.25) is 4.90 Å². The maximum atomic E-state index is 13.1. The average molecular weight is 340 g/mol. The molecule has 1 atom stereocenters. The lowest BCUT2D eigenvalue weighted by Crippen LogP contribution is -2.48. The number of alkyl halides is 3. The second kappa shape index (κ2) is 6.52. The normalized spacial score (nSPS) is 18.1. The van der Waals surface area contributed by atoms with Crippen molar-refractivity contribution in [3.63, 3.8) is 0 Å². The molecule has 1 aliphatic heterocycles. The minimum absolute atomic E-state index is 0.293. The topological polar surface area (TPSA) is 52.5 Å². The van der Waals surface area contributed by atoms with E-state index in [1.807, 2.05) is 4.90 Å². The van der Waals surface area contributed by atoms with Crippen LogP contribution in [0.1, 0.15) is 12.7 Å². The molecule has 1 aromatic carbocycles. The highest BCUT2D eigenvalue weighted by Gasteiger charge is 2.36. The summed E-state index contributed by atoms with van der Waals surface area (Å²) in [5.41, 5.74) is 0.293. The van der Waals surface area contributed by atoms with Gasteiger partial charge in [0.1, 0.15) is 5.82 Å². The first-order valence-corrected chi connectivity index (χ1v) is 7.84. The summed E-state index contributed by atoms with van der Waals surface area (Å²) in [6, 6.07) is 6.75. The third-order valence-electron chi connectivity index (χ3n) is 4.03. The molecule has 0 spiro atoms. The van der Waals surface area contributed by atoms with Gasteiger partial charge in [0.25, 0.3) is 0 Å². The Morgan fingerprint density at radius 1 is 1.12 bits per heavy atom. The van der Waals surface area contributed by atoms with Crippen LogP contribution in [-0.2, 0) is 6.18 Å². The molecule has 2 heterocycles. The van der Waals surface area contributed by atoms with Crippen molar-refractivity contribution in [2.45, 2.75) is 19.2 Å². The molecule has 24 heavy (non-hydrogen) atoms. The van der Waals surface area contributed by atoms with Crippen LogP contribution in [0.4, 0.5) is 19.0 Å². The van der Waals surface area contributed by atoms with Crippen LogP contribution < -0.4 is 4.90 Å². The largest absolute Gasteiger partial charge is 0.451 e. The fourth-order valence-corrected chi connectivity index (χ4v) is 2.94. The second-order valence-corrected chi connectivity index (χ2v) is 6.02. The molecule has 0 saturated carbocycles. The van der Waals surface area contributed by atoms with Crippen LogP contribution in [0, 0.1) is 0 Å². The Morgan fingerprint density at radius 2 is 1.79 bits per heavy atom. The number of halogens is 3. The number of piperazine rings is 1. The van der Waals surface area contributed by atoms with Crippen molar-refractivity contribution in [3.05, 3.63) is 30.1 Å². The van der Waals surface area contributed by atoms with E-state index in [1.165, 1.54) is 0 Å². The smallest absolute Gasteiger partial charge is 0.392 e. The number of aliphatic hydroxyl groups is 1. The van der Waals surface area contributed by atoms with Crippen LogP contribution in [0.2, 0.25) is 0 Å². The van der Waals surface area contributed by atoms with E-state index in [0.717, 1.165) is 0 Å². The first kappa shape index (κ1) is 16.9. The van der Waals surface area contributed by atoms with Gasteiger partial charge in [-0.05, 0) is 19.1 Å². The van der Waals surface area contributed by atoms with Gasteiger partial charge in [-0.1, -0.05) is 12.1 Å². The van der Waals surface area contributed by atoms with Crippen LogP contribution in [0.25, 0.3) is 10.9 Å². The van der Waals surface area contributed by atoms with Gasteiger partial charge in [0.2, 0.25) is 5.82 Å². The lowest BCUT2D eigenvalue weighted by atomic mass is 10.2. The zero-order valence-electron chi connectivity index (χ0n) is 13.3. The van der Waals surface area contributed by atoms with E-state index in [0.29, 0.717) is 49.4 Å². The molecule has 0 aliphatic carbocycles. The van der Waals surface area contributed by atoms with Gasteiger partial charge in [0.05, 0.1) is 11.6 Å². The Kier molecular flexibility index (Phi) is 4.60. The summed E-state index contributed by atoms with van der Waals surface area (Å²) < 4.78 is 39.3. The number of nitrogens with zero attached hydrogens (tertiary/aromatic N) is 4. The number of benzene rings is 1. The zero-order valence-corrected chi connectivity index (χ0v) is 13.3. The number of β-amino-alcohol motifs (C(OH)–C–C–N with tert-alkyl or cyclic N) is 1. The highest BCUT2D eigenvalue weighted by molar-refractivity contribution is 5.89. The highest BCUT2D eigenvalue weighted by atomic mass is 19.4. The van der Waals surface area contributed by atoms with E-state index >= 15 is 0 Å². The molecule has 0 bridgehead atoms. The van der Waals surface area contributed by atoms with Gasteiger partial charge < -0.3 is 10.0 Å². The zero-order chi connectivity index (χ0) is 17.3. The number of aromatic nitrogens is 2. The number of aliphatic hydroxyl groups excluding tert-OH is 1. The predicted molar refractivity (Wildman–Crippen MR) is 84.9 cm³/mol. The van der Waals surface area contributed by atoms with Crippen LogP contribution >= 0.6 is 0 Å². The standard InChI is InChI=1S/C16H19F3N4O/c1-11(24)10-22-6-8-23(9-7-22)14-12-4-2-3-5-13(12)20-15(21-14)16(17,18)19/h2-5,11,24H,6-10H2,1H3/t11-/m0/s1. The maximum Gasteiger partial charge on any atom is 0.451 e. The number of hydrogen-bond donors (Lipinski definition) is 1. The lowest BCUT2D eigenvalue weighted by molar-refractivity contribution is -0.144. The number of anilines is 1. The third-order valence-corrected chi connectivity index (χ3v) is 4.03. The molecule has 1 aliphatic rings. The molecule has 8 heteroatoms. The van der Waals surface area contributed by atoms with Crippen LogP contribution in [-0.4, -0.2) is 58.8 Å². The SMILES string of the molecule is C[C@H](O)CN1CCN(c2nc(C(F)(F)F)nc3ccccc23)CC1. The monoisotopic (exact) mass is 340 g/mol. The van der Waals surface area contributed by atoms with E-state index in [-0.39, 0.29) is 0 Å². The van der Waals surface area contributed by atoms with Gasteiger partial charge >= 0.3 is 6.18 Å². The summed E-state index contributed by atoms with van der Waals surface area (Å²) in [6.07, 6.45) is -5.00. The summed E-state index contributed by atoms with van der Waals surface area (Å²) in [5, 5.41) is 10.1. The first-order valence-electron chi connectivity index (χ1n) is 7.84. The molecule has 2 aromatic rings. The summed E-state index contributed by atoms with van der Waals surface area (Å²) >= 11 is 0. The Balaban J connectivity index is 1.91. The second-order valence-electron chi connectivity index (χ2n) is 6.02. The molecule has 1 fully saturated rings. The van der Waals surface area contributed by atoms with Crippen molar-refractivity contribution >= 4 is 16.7 Å². The van der Waals surface area contributed by atoms with E-state index < -0.39 is 18.1 Å². The number of hydrogen-bond acceptors (Lipinski definition) is 5. The van der Waals surface area contributed by atoms with Crippen molar-refractivity contribution in [2.75, 3.05) is 37.6 Å². The van der Waals surface area contributed by atoms with Crippen LogP contribution in [0.5, 0.6) is 0 Å². The minimum Gasteiger partial charge on any atom is -0.392 e. The van der Waals surface area contributed by atoms with Crippen LogP contribution in [0.15, 0.2) is 24.3 Å². The quantitative estimate of drug-likeness (QED) is 0.928. The Morgan fingerprint density at radius 3 is 2.42 bits per heavy atom. The predicted octanol–water partition coefficient (Wildman–Crippen LogP) is 2.15. The van der Waals surface area contributed by atoms with Gasteiger partial charge in [-0.25, -0.2) is 9.97 Å². The third kappa shape index (κ3) is 3.59. The Hall–Kier alpha value is -1.93. The average Bonchev–Trinajstić information content (AvgIpc) is 2.53. The molecule has 0 amide bonds. The molecule has 3 rings (SSSR count). The molecule has 1 aromatic heterocycles. The first-order chi connectivity index (χ1) is 11.3. The maximum absolute atomic E-state index is 13.1. The van der Waals surface area contributed by atoms with E-state index in [1.54, 1.807) is 31.2 Å². The molecule has 130 valence electrons. The molecule has 0 radical (unpaired) electrons. The van der Waals surface area contributed by atoms with Gasteiger partial charge in [0, 0.05) is 38.1 Å². The molecule has 0 unspecified atom stereocenters. The number of fused-ring (bicyclic) bond motifs is 1. The molecular formula is C16H19F3N4O. The Bertz CT molecular complexity index is 712. The summed E-state index contributed by atoms with van der Waals surface area (Å²) in [4.78, 5) is 11.4. The molecule has 1 saturated heterocycles. The fourth-order valence-electron chi connectivity index (χ4n) is 2.94. The minimum atomic E-state index is -4.58. The van der Waals surface area contributed by atoms with Crippen molar-refractivity contribution in [3.8, 4) is 0 Å². The highest BCUT2D eigenvalue weighted by Crippen LogP contribution is 2.32. The summed E-state index contributed by atoms with van der Waals surface area (Å²) in [7, 11) is 0. The van der Waals surface area contributed by atoms with Crippen LogP contribution in [0.3, 0.4) is 0 Å². The summed E-state index contributed by atoms with van der Waals surface area (Å²) in [6.45, 7) is 4.75. The molecule has 5 nitrogen and oxygen atoms in total.